The number of aromatic amines is 1. The van der Waals surface area contributed by atoms with Crippen LogP contribution in [0.2, 0.25) is 0 Å². The van der Waals surface area contributed by atoms with E-state index >= 15 is 0 Å². The molecule has 7 N–H and O–H groups in total. The van der Waals surface area contributed by atoms with Gasteiger partial charge in [0.15, 0.2) is 5.82 Å². The van der Waals surface area contributed by atoms with E-state index in [1.807, 2.05) is 0 Å². The molecule has 15 heavy (non-hydrogen) atoms. The minimum atomic E-state index is -5.17. The summed E-state index contributed by atoms with van der Waals surface area (Å²) in [6.07, 6.45) is 0. The van der Waals surface area contributed by atoms with Crippen molar-refractivity contribution >= 4 is 27.7 Å². The van der Waals surface area contributed by atoms with Gasteiger partial charge in [-0.1, -0.05) is 0 Å². The third-order valence-electron chi connectivity index (χ3n) is 1.03. The van der Waals surface area contributed by atoms with Crippen molar-refractivity contribution in [3.05, 3.63) is 10.5 Å². The molecule has 0 saturated heterocycles. The van der Waals surface area contributed by atoms with E-state index in [1.54, 1.807) is 0 Å². The molecule has 0 radical (unpaired) electrons. The summed E-state index contributed by atoms with van der Waals surface area (Å²) in [5.41, 5.74) is 15.2. The number of nitrogens with one attached hydrogen (secondary N) is 1. The lowest BCUT2D eigenvalue weighted by Crippen LogP contribution is -2.17. The van der Waals surface area contributed by atoms with E-state index in [-0.39, 0.29) is 17.3 Å². The van der Waals surface area contributed by atoms with Crippen LogP contribution in [0.15, 0.2) is 4.79 Å². The first-order chi connectivity index (χ1) is 6.61. The number of hydrogen-bond acceptors (Lipinski definition) is 9. The maximum atomic E-state index is 10.5. The largest absolute Gasteiger partial charge is 0.759 e. The van der Waals surface area contributed by atoms with Crippen LogP contribution in [0, 0.1) is 0 Å². The summed E-state index contributed by atoms with van der Waals surface area (Å²) in [4.78, 5) is 16.0. The monoisotopic (exact) mass is 237 g/mol. The van der Waals surface area contributed by atoms with E-state index in [9.17, 15) is 4.79 Å². The zero-order valence-electron chi connectivity index (χ0n) is 7.13. The van der Waals surface area contributed by atoms with Gasteiger partial charge in [-0.2, -0.15) is 4.98 Å². The predicted octanol–water partition coefficient (Wildman–Crippen LogP) is -2.82. The molecule has 0 aliphatic rings. The van der Waals surface area contributed by atoms with Gasteiger partial charge in [-0.25, -0.2) is 4.79 Å². The first-order valence-electron chi connectivity index (χ1n) is 3.18. The van der Waals surface area contributed by atoms with Crippen molar-refractivity contribution in [2.75, 3.05) is 17.2 Å². The number of nitrogens with zero attached hydrogens (tertiary/aromatic N) is 1. The number of nitrogen functional groups attached to an aromatic ring is 3. The second-order valence-electron chi connectivity index (χ2n) is 2.16. The summed E-state index contributed by atoms with van der Waals surface area (Å²) in [5.74, 6) is 0.0127. The fourth-order valence-electron chi connectivity index (χ4n) is 0.518. The van der Waals surface area contributed by atoms with Crippen LogP contribution in [0.1, 0.15) is 0 Å². The molecule has 0 amide bonds. The Kier molecular flexibility index (Phi) is 4.02. The van der Waals surface area contributed by atoms with E-state index < -0.39 is 16.1 Å². The van der Waals surface area contributed by atoms with Gasteiger partial charge >= 0.3 is 5.69 Å². The smallest absolute Gasteiger partial charge is 0.348 e. The number of H-pyrrole nitrogens is 1. The Bertz CT molecular complexity index is 458. The van der Waals surface area contributed by atoms with Crippen LogP contribution in [0.25, 0.3) is 0 Å². The van der Waals surface area contributed by atoms with Crippen LogP contribution >= 0.6 is 0 Å². The Labute approximate surface area is 83.7 Å². The molecule has 86 valence electrons. The lowest BCUT2D eigenvalue weighted by atomic mass is 10.4. The third kappa shape index (κ3) is 6.25. The van der Waals surface area contributed by atoms with Crippen molar-refractivity contribution in [3.8, 4) is 0 Å². The Balaban J connectivity index is 0.000000336. The molecule has 1 aromatic rings. The number of aromatic nitrogens is 2. The summed E-state index contributed by atoms with van der Waals surface area (Å²) in [6, 6.07) is 0. The molecule has 0 aliphatic heterocycles. The lowest BCUT2D eigenvalue weighted by Gasteiger charge is -2.06. The molecule has 0 fully saturated rings. The number of hydrogen-bond donors (Lipinski definition) is 4. The quantitative estimate of drug-likeness (QED) is 0.270. The maximum absolute atomic E-state index is 10.5. The van der Waals surface area contributed by atoms with Crippen molar-refractivity contribution in [1.29, 1.82) is 0 Å². The summed E-state index contributed by atoms with van der Waals surface area (Å²) in [6.45, 7) is 0. The molecule has 1 rings (SSSR count). The normalized spacial score (nSPS) is 10.3. The zero-order valence-corrected chi connectivity index (χ0v) is 7.95. The summed E-state index contributed by atoms with van der Waals surface area (Å²) >= 11 is 0. The molecule has 0 aromatic carbocycles. The van der Waals surface area contributed by atoms with Crippen LogP contribution < -0.4 is 22.9 Å². The van der Waals surface area contributed by atoms with Gasteiger partial charge in [0.2, 0.25) is 0 Å². The van der Waals surface area contributed by atoms with Crippen molar-refractivity contribution in [2.45, 2.75) is 0 Å². The topological polar surface area (TPSA) is 204 Å². The highest BCUT2D eigenvalue weighted by molar-refractivity contribution is 7.79. The highest BCUT2D eigenvalue weighted by atomic mass is 32.3. The van der Waals surface area contributed by atoms with Gasteiger partial charge in [0.05, 0.1) is 0 Å². The van der Waals surface area contributed by atoms with E-state index in [0.29, 0.717) is 0 Å². The van der Waals surface area contributed by atoms with Gasteiger partial charge in [-0.15, -0.1) is 0 Å². The molecule has 1 heterocycles. The highest BCUT2D eigenvalue weighted by Crippen LogP contribution is 2.12. The first-order valence-corrected chi connectivity index (χ1v) is 4.52. The molecule has 0 aliphatic carbocycles. The second-order valence-corrected chi connectivity index (χ2v) is 2.98. The summed E-state index contributed by atoms with van der Waals surface area (Å²) in [7, 11) is -5.17. The fourth-order valence-corrected chi connectivity index (χ4v) is 0.518. The molecular formula is C4H7N5O5S-2. The van der Waals surface area contributed by atoms with E-state index in [2.05, 4.69) is 9.97 Å². The number of nitrogens with two attached hydrogens (primary N) is 3. The lowest BCUT2D eigenvalue weighted by molar-refractivity contribution is 0.352. The molecule has 0 saturated carbocycles. The average molecular weight is 237 g/mol. The molecule has 0 bridgehead atoms. The third-order valence-corrected chi connectivity index (χ3v) is 1.03. The minimum Gasteiger partial charge on any atom is -0.759 e. The van der Waals surface area contributed by atoms with Gasteiger partial charge in [0.1, 0.15) is 11.5 Å². The highest BCUT2D eigenvalue weighted by Gasteiger charge is 2.00. The number of rotatable bonds is 0. The minimum absolute atomic E-state index is 0.0405. The van der Waals surface area contributed by atoms with Crippen LogP contribution in [-0.2, 0) is 10.4 Å². The maximum Gasteiger partial charge on any atom is 0.348 e. The van der Waals surface area contributed by atoms with Crippen LogP contribution in [0.4, 0.5) is 17.3 Å². The standard InChI is InChI=1S/C4H7N5O.H2O4S/c5-1-2(6)8-4(10)9-3(1)7;1-5(2,3)4/h5H2,(H5,6,7,8,9,10);(H2,1,2,3,4)/p-2. The molecule has 1 aromatic heterocycles. The van der Waals surface area contributed by atoms with E-state index in [4.69, 9.17) is 34.7 Å². The van der Waals surface area contributed by atoms with Gasteiger partial charge in [-0.05, 0) is 0 Å². The predicted molar refractivity (Wildman–Crippen MR) is 48.6 cm³/mol. The Morgan fingerprint density at radius 3 is 1.93 bits per heavy atom. The van der Waals surface area contributed by atoms with Gasteiger partial charge in [0, 0.05) is 10.4 Å². The van der Waals surface area contributed by atoms with Crippen LogP contribution in [0.3, 0.4) is 0 Å². The van der Waals surface area contributed by atoms with Crippen molar-refractivity contribution in [3.63, 3.8) is 0 Å². The van der Waals surface area contributed by atoms with Gasteiger partial charge < -0.3 is 26.3 Å². The SMILES string of the molecule is Nc1nc(=O)[nH]c(N)c1N.O=S(=O)([O-])[O-]. The molecule has 0 spiro atoms. The molecule has 0 unspecified atom stereocenters. The second kappa shape index (κ2) is 4.59. The van der Waals surface area contributed by atoms with Crippen molar-refractivity contribution < 1.29 is 17.5 Å². The van der Waals surface area contributed by atoms with Gasteiger partial charge in [-0.3, -0.25) is 13.4 Å². The summed E-state index contributed by atoms with van der Waals surface area (Å²) in [5, 5.41) is 0. The Morgan fingerprint density at radius 1 is 1.20 bits per heavy atom. The average Bonchev–Trinajstić information content (AvgIpc) is 1.96. The van der Waals surface area contributed by atoms with Crippen molar-refractivity contribution in [2.24, 2.45) is 0 Å². The van der Waals surface area contributed by atoms with Crippen LogP contribution in [-0.4, -0.2) is 27.5 Å². The Morgan fingerprint density at radius 2 is 1.60 bits per heavy atom. The Hall–Kier alpha value is -1.85. The molecule has 10 nitrogen and oxygen atoms in total. The fraction of sp³-hybridized carbons (Fsp3) is 0. The molecule has 0 atom stereocenters. The van der Waals surface area contributed by atoms with Crippen molar-refractivity contribution in [1.82, 2.24) is 9.97 Å². The first kappa shape index (κ1) is 13.2. The van der Waals surface area contributed by atoms with E-state index in [0.717, 1.165) is 0 Å². The van der Waals surface area contributed by atoms with Gasteiger partial charge in [0.25, 0.3) is 0 Å². The molecule has 11 heteroatoms. The number of anilines is 3. The van der Waals surface area contributed by atoms with Crippen LogP contribution in [0.5, 0.6) is 0 Å². The van der Waals surface area contributed by atoms with E-state index in [1.165, 1.54) is 0 Å². The zero-order chi connectivity index (χ0) is 12.2. The molecular weight excluding hydrogens is 230 g/mol. The summed E-state index contributed by atoms with van der Waals surface area (Å²) < 4.78 is 34.1.